The number of carboxylic acids is 1. The number of hydrogen-bond donors (Lipinski definition) is 1. The fraction of sp³-hybridized carbons (Fsp3) is 0.125. The van der Waals surface area contributed by atoms with Crippen LogP contribution in [0.25, 0.3) is 11.6 Å². The number of carbonyl (C=O) groups excluding carboxylic acids is 1. The molecule has 2 heterocycles. The molecular formula is C8H6N3O3S-. The summed E-state index contributed by atoms with van der Waals surface area (Å²) >= 11 is 0.989. The molecule has 2 aromatic rings. The van der Waals surface area contributed by atoms with Crippen LogP contribution in [0.15, 0.2) is 28.0 Å². The fourth-order valence-electron chi connectivity index (χ4n) is 0.958. The molecule has 2 aromatic heterocycles. The molecule has 7 heteroatoms. The van der Waals surface area contributed by atoms with Gasteiger partial charge in [0.2, 0.25) is 5.16 Å². The number of rotatable bonds is 4. The smallest absolute Gasteiger partial charge is 0.209 e. The first-order chi connectivity index (χ1) is 7.25. The van der Waals surface area contributed by atoms with E-state index in [0.29, 0.717) is 16.7 Å². The van der Waals surface area contributed by atoms with Crippen LogP contribution in [0.5, 0.6) is 0 Å². The molecule has 0 bridgehead atoms. The molecule has 0 atom stereocenters. The summed E-state index contributed by atoms with van der Waals surface area (Å²) in [4.78, 5) is 14.2. The molecule has 0 aromatic carbocycles. The zero-order valence-corrected chi connectivity index (χ0v) is 8.28. The third-order valence-corrected chi connectivity index (χ3v) is 2.36. The van der Waals surface area contributed by atoms with Crippen LogP contribution in [0.4, 0.5) is 0 Å². The summed E-state index contributed by atoms with van der Waals surface area (Å²) in [5, 5.41) is 17.0. The zero-order valence-electron chi connectivity index (χ0n) is 7.47. The maximum absolute atomic E-state index is 10.2. The maximum atomic E-state index is 10.2. The van der Waals surface area contributed by atoms with E-state index in [4.69, 9.17) is 4.42 Å². The van der Waals surface area contributed by atoms with Crippen LogP contribution in [0.3, 0.4) is 0 Å². The second-order valence-corrected chi connectivity index (χ2v) is 3.55. The minimum absolute atomic E-state index is 0.171. The van der Waals surface area contributed by atoms with Gasteiger partial charge in [0.05, 0.1) is 12.2 Å². The molecular weight excluding hydrogens is 218 g/mol. The molecule has 0 fully saturated rings. The quantitative estimate of drug-likeness (QED) is 0.729. The largest absolute Gasteiger partial charge is 0.549 e. The van der Waals surface area contributed by atoms with Crippen LogP contribution in [0.2, 0.25) is 0 Å². The first kappa shape index (κ1) is 9.78. The summed E-state index contributed by atoms with van der Waals surface area (Å²) in [6, 6.07) is 3.46. The summed E-state index contributed by atoms with van der Waals surface area (Å²) < 4.78 is 5.09. The van der Waals surface area contributed by atoms with Gasteiger partial charge in [0.25, 0.3) is 0 Å². The lowest BCUT2D eigenvalue weighted by atomic mass is 10.4. The second-order valence-electron chi connectivity index (χ2n) is 2.60. The Hall–Kier alpha value is -1.76. The first-order valence-corrected chi connectivity index (χ1v) is 5.03. The number of carboxylic acid groups (broad SMARTS) is 1. The average molecular weight is 224 g/mol. The SMILES string of the molecule is O=C([O-])CSc1n[nH]c(-c2ccco2)n1. The lowest BCUT2D eigenvalue weighted by Crippen LogP contribution is -2.24. The predicted molar refractivity (Wildman–Crippen MR) is 49.8 cm³/mol. The standard InChI is InChI=1S/C8H7N3O3S/c12-6(13)4-15-8-9-7(10-11-8)5-2-1-3-14-5/h1-3H,4H2,(H,12,13)(H,9,10,11)/p-1. The number of nitrogens with one attached hydrogen (secondary N) is 1. The molecule has 0 radical (unpaired) electrons. The number of furan rings is 1. The molecule has 0 saturated carbocycles. The minimum atomic E-state index is -1.15. The topological polar surface area (TPSA) is 94.8 Å². The number of aromatic nitrogens is 3. The van der Waals surface area contributed by atoms with Crippen molar-refractivity contribution in [3.05, 3.63) is 18.4 Å². The van der Waals surface area contributed by atoms with Crippen LogP contribution in [-0.4, -0.2) is 26.9 Å². The van der Waals surface area contributed by atoms with Gasteiger partial charge in [-0.1, -0.05) is 11.8 Å². The summed E-state index contributed by atoms with van der Waals surface area (Å²) in [6.07, 6.45) is 1.52. The van der Waals surface area contributed by atoms with Gasteiger partial charge in [-0.2, -0.15) is 4.98 Å². The number of carbonyl (C=O) groups is 1. The lowest BCUT2D eigenvalue weighted by Gasteiger charge is -1.95. The van der Waals surface area contributed by atoms with E-state index in [-0.39, 0.29) is 5.75 Å². The Morgan fingerprint density at radius 1 is 1.67 bits per heavy atom. The third kappa shape index (κ3) is 2.38. The number of thioether (sulfide) groups is 1. The molecule has 15 heavy (non-hydrogen) atoms. The van der Waals surface area contributed by atoms with E-state index in [1.807, 2.05) is 0 Å². The first-order valence-electron chi connectivity index (χ1n) is 4.04. The number of nitrogens with zero attached hydrogens (tertiary/aromatic N) is 2. The van der Waals surface area contributed by atoms with Crippen LogP contribution in [0.1, 0.15) is 0 Å². The highest BCUT2D eigenvalue weighted by atomic mass is 32.2. The molecule has 0 aliphatic carbocycles. The molecule has 0 saturated heterocycles. The van der Waals surface area contributed by atoms with Crippen molar-refractivity contribution in [3.8, 4) is 11.6 Å². The van der Waals surface area contributed by atoms with E-state index in [1.165, 1.54) is 6.26 Å². The molecule has 2 rings (SSSR count). The van der Waals surface area contributed by atoms with Crippen molar-refractivity contribution in [2.75, 3.05) is 5.75 Å². The predicted octanol–water partition coefficient (Wildman–Crippen LogP) is -0.0933. The highest BCUT2D eigenvalue weighted by Crippen LogP contribution is 2.18. The maximum Gasteiger partial charge on any atom is 0.209 e. The Kier molecular flexibility index (Phi) is 2.72. The molecule has 0 spiro atoms. The summed E-state index contributed by atoms with van der Waals surface area (Å²) in [5.74, 6) is -0.289. The number of aliphatic carboxylic acids is 1. The van der Waals surface area contributed by atoms with Gasteiger partial charge >= 0.3 is 0 Å². The van der Waals surface area contributed by atoms with Gasteiger partial charge in [-0.3, -0.25) is 5.10 Å². The fourth-order valence-corrected chi connectivity index (χ4v) is 1.47. The average Bonchev–Trinajstić information content (AvgIpc) is 2.85. The zero-order chi connectivity index (χ0) is 10.7. The molecule has 0 unspecified atom stereocenters. The van der Waals surface area contributed by atoms with Gasteiger partial charge in [0, 0.05) is 5.75 Å². The highest BCUT2D eigenvalue weighted by molar-refractivity contribution is 7.99. The lowest BCUT2D eigenvalue weighted by molar-refractivity contribution is -0.301. The van der Waals surface area contributed by atoms with E-state index in [9.17, 15) is 9.90 Å². The van der Waals surface area contributed by atoms with Gasteiger partial charge in [0.1, 0.15) is 0 Å². The third-order valence-electron chi connectivity index (χ3n) is 1.54. The number of hydrogen-bond acceptors (Lipinski definition) is 6. The summed E-state index contributed by atoms with van der Waals surface area (Å²) in [5.41, 5.74) is 0. The number of H-pyrrole nitrogens is 1. The molecule has 6 nitrogen and oxygen atoms in total. The Bertz CT molecular complexity index is 451. The van der Waals surface area contributed by atoms with Crippen molar-refractivity contribution in [2.24, 2.45) is 0 Å². The van der Waals surface area contributed by atoms with Crippen molar-refractivity contribution in [1.29, 1.82) is 0 Å². The summed E-state index contributed by atoms with van der Waals surface area (Å²) in [6.45, 7) is 0. The van der Waals surface area contributed by atoms with E-state index >= 15 is 0 Å². The molecule has 0 amide bonds. The van der Waals surface area contributed by atoms with Crippen LogP contribution < -0.4 is 5.11 Å². The Morgan fingerprint density at radius 3 is 3.20 bits per heavy atom. The molecule has 1 N–H and O–H groups in total. The monoisotopic (exact) mass is 224 g/mol. The normalized spacial score (nSPS) is 10.4. The number of aromatic amines is 1. The Balaban J connectivity index is 2.08. The minimum Gasteiger partial charge on any atom is -0.549 e. The van der Waals surface area contributed by atoms with Gasteiger partial charge in [0.15, 0.2) is 11.6 Å². The van der Waals surface area contributed by atoms with E-state index < -0.39 is 5.97 Å². The van der Waals surface area contributed by atoms with Gasteiger partial charge in [-0.05, 0) is 12.1 Å². The van der Waals surface area contributed by atoms with Crippen molar-refractivity contribution in [1.82, 2.24) is 15.2 Å². The van der Waals surface area contributed by atoms with E-state index in [0.717, 1.165) is 11.8 Å². The van der Waals surface area contributed by atoms with Gasteiger partial charge < -0.3 is 14.3 Å². The van der Waals surface area contributed by atoms with Crippen LogP contribution in [-0.2, 0) is 4.79 Å². The second kappa shape index (κ2) is 4.18. The van der Waals surface area contributed by atoms with Crippen molar-refractivity contribution in [2.45, 2.75) is 5.16 Å². The van der Waals surface area contributed by atoms with E-state index in [2.05, 4.69) is 15.2 Å². The molecule has 0 aliphatic heterocycles. The van der Waals surface area contributed by atoms with Crippen molar-refractivity contribution < 1.29 is 14.3 Å². The Labute approximate surface area is 88.7 Å². The van der Waals surface area contributed by atoms with Crippen LogP contribution in [0, 0.1) is 0 Å². The highest BCUT2D eigenvalue weighted by Gasteiger charge is 2.07. The Morgan fingerprint density at radius 2 is 2.53 bits per heavy atom. The van der Waals surface area contributed by atoms with Gasteiger partial charge in [-0.25, -0.2) is 0 Å². The van der Waals surface area contributed by atoms with Crippen LogP contribution >= 0.6 is 11.8 Å². The molecule has 0 aliphatic rings. The van der Waals surface area contributed by atoms with Crippen molar-refractivity contribution in [3.63, 3.8) is 0 Å². The van der Waals surface area contributed by atoms with Crippen molar-refractivity contribution >= 4 is 17.7 Å². The summed E-state index contributed by atoms with van der Waals surface area (Å²) in [7, 11) is 0. The van der Waals surface area contributed by atoms with E-state index in [1.54, 1.807) is 12.1 Å². The molecule has 78 valence electrons. The van der Waals surface area contributed by atoms with Gasteiger partial charge in [-0.15, -0.1) is 5.10 Å².